The quantitative estimate of drug-likeness (QED) is 0.792. The van der Waals surface area contributed by atoms with Gasteiger partial charge >= 0.3 is 0 Å². The highest BCUT2D eigenvalue weighted by atomic mass is 19.1. The number of halogens is 1. The minimum absolute atomic E-state index is 0.154. The number of rotatable bonds is 6. The average Bonchev–Trinajstić information content (AvgIpc) is 2.83. The highest BCUT2D eigenvalue weighted by molar-refractivity contribution is 5.16. The molecular formula is C21H27FN2. The van der Waals surface area contributed by atoms with Crippen molar-refractivity contribution in [3.8, 4) is 0 Å². The summed E-state index contributed by atoms with van der Waals surface area (Å²) in [6, 6.07) is 17.7. The summed E-state index contributed by atoms with van der Waals surface area (Å²) in [7, 11) is 0. The van der Waals surface area contributed by atoms with Crippen molar-refractivity contribution in [3.63, 3.8) is 0 Å². The Morgan fingerprint density at radius 2 is 1.46 bits per heavy atom. The van der Waals surface area contributed by atoms with Crippen LogP contribution in [0.15, 0.2) is 54.6 Å². The van der Waals surface area contributed by atoms with Crippen molar-refractivity contribution in [1.29, 1.82) is 0 Å². The van der Waals surface area contributed by atoms with Crippen molar-refractivity contribution in [2.24, 2.45) is 0 Å². The predicted octanol–water partition coefficient (Wildman–Crippen LogP) is 3.97. The Bertz CT molecular complexity index is 597. The van der Waals surface area contributed by atoms with Crippen LogP contribution >= 0.6 is 0 Å². The molecule has 0 saturated carbocycles. The molecular weight excluding hydrogens is 299 g/mol. The van der Waals surface area contributed by atoms with E-state index < -0.39 is 0 Å². The van der Waals surface area contributed by atoms with Gasteiger partial charge in [0, 0.05) is 19.6 Å². The van der Waals surface area contributed by atoms with Crippen LogP contribution in [0, 0.1) is 5.82 Å². The van der Waals surface area contributed by atoms with Gasteiger partial charge in [-0.05, 0) is 62.2 Å². The Kier molecular flexibility index (Phi) is 6.39. The molecule has 1 heterocycles. The highest BCUT2D eigenvalue weighted by Crippen LogP contribution is 2.11. The maximum atomic E-state index is 13.0. The second-order valence-corrected chi connectivity index (χ2v) is 6.69. The van der Waals surface area contributed by atoms with Gasteiger partial charge in [0.2, 0.25) is 0 Å². The average molecular weight is 326 g/mol. The highest BCUT2D eigenvalue weighted by Gasteiger charge is 2.14. The largest absolute Gasteiger partial charge is 0.302 e. The predicted molar refractivity (Wildman–Crippen MR) is 97.5 cm³/mol. The first-order valence-corrected chi connectivity index (χ1v) is 9.03. The smallest absolute Gasteiger partial charge is 0.123 e. The molecule has 128 valence electrons. The summed E-state index contributed by atoms with van der Waals surface area (Å²) in [6.45, 7) is 6.66. The van der Waals surface area contributed by atoms with Crippen molar-refractivity contribution in [2.75, 3.05) is 32.7 Å². The van der Waals surface area contributed by atoms with Gasteiger partial charge in [-0.1, -0.05) is 42.5 Å². The Labute approximate surface area is 144 Å². The number of hydrogen-bond acceptors (Lipinski definition) is 2. The van der Waals surface area contributed by atoms with Crippen LogP contribution in [0.2, 0.25) is 0 Å². The molecule has 1 aliphatic heterocycles. The molecule has 0 aliphatic carbocycles. The molecule has 0 radical (unpaired) electrons. The molecule has 0 amide bonds. The van der Waals surface area contributed by atoms with Crippen molar-refractivity contribution in [1.82, 2.24) is 9.80 Å². The van der Waals surface area contributed by atoms with E-state index in [-0.39, 0.29) is 5.82 Å². The molecule has 0 atom stereocenters. The molecule has 2 aromatic rings. The van der Waals surface area contributed by atoms with E-state index in [1.165, 1.54) is 37.1 Å². The zero-order chi connectivity index (χ0) is 16.6. The lowest BCUT2D eigenvalue weighted by molar-refractivity contribution is 0.250. The molecule has 0 aromatic heterocycles. The van der Waals surface area contributed by atoms with Crippen molar-refractivity contribution >= 4 is 0 Å². The van der Waals surface area contributed by atoms with E-state index in [1.807, 2.05) is 12.1 Å². The SMILES string of the molecule is Fc1ccc(CN2CCCN(CCCc3ccccc3)CC2)cc1. The van der Waals surface area contributed by atoms with Gasteiger partial charge in [0.1, 0.15) is 5.82 Å². The molecule has 2 nitrogen and oxygen atoms in total. The lowest BCUT2D eigenvalue weighted by Crippen LogP contribution is -2.31. The molecule has 0 unspecified atom stereocenters. The fourth-order valence-electron chi connectivity index (χ4n) is 3.41. The number of hydrogen-bond donors (Lipinski definition) is 0. The molecule has 1 saturated heterocycles. The van der Waals surface area contributed by atoms with Gasteiger partial charge in [-0.3, -0.25) is 4.90 Å². The Morgan fingerprint density at radius 3 is 2.25 bits per heavy atom. The first-order chi connectivity index (χ1) is 11.8. The summed E-state index contributed by atoms with van der Waals surface area (Å²) in [5.41, 5.74) is 2.64. The Morgan fingerprint density at radius 1 is 0.750 bits per heavy atom. The van der Waals surface area contributed by atoms with Gasteiger partial charge < -0.3 is 4.90 Å². The summed E-state index contributed by atoms with van der Waals surface area (Å²) in [4.78, 5) is 5.08. The van der Waals surface area contributed by atoms with Gasteiger partial charge in [-0.25, -0.2) is 4.39 Å². The lowest BCUT2D eigenvalue weighted by atomic mass is 10.1. The van der Waals surface area contributed by atoms with E-state index in [0.29, 0.717) is 0 Å². The third-order valence-corrected chi connectivity index (χ3v) is 4.78. The second kappa shape index (κ2) is 8.95. The molecule has 2 aromatic carbocycles. The molecule has 24 heavy (non-hydrogen) atoms. The van der Waals surface area contributed by atoms with Crippen LogP contribution in [0.25, 0.3) is 0 Å². The van der Waals surface area contributed by atoms with E-state index in [0.717, 1.165) is 32.6 Å². The minimum atomic E-state index is -0.154. The third-order valence-electron chi connectivity index (χ3n) is 4.78. The van der Waals surface area contributed by atoms with Crippen LogP contribution in [0.3, 0.4) is 0 Å². The maximum absolute atomic E-state index is 13.0. The molecule has 3 heteroatoms. The molecule has 1 aliphatic rings. The number of aryl methyl sites for hydroxylation is 1. The number of benzene rings is 2. The molecule has 3 rings (SSSR count). The Balaban J connectivity index is 1.40. The molecule has 0 bridgehead atoms. The van der Waals surface area contributed by atoms with Gasteiger partial charge in [-0.15, -0.1) is 0 Å². The van der Waals surface area contributed by atoms with Crippen LogP contribution in [0.5, 0.6) is 0 Å². The fraction of sp³-hybridized carbons (Fsp3) is 0.429. The van der Waals surface area contributed by atoms with Crippen molar-refractivity contribution in [2.45, 2.75) is 25.8 Å². The van der Waals surface area contributed by atoms with E-state index in [9.17, 15) is 4.39 Å². The van der Waals surface area contributed by atoms with Crippen molar-refractivity contribution in [3.05, 3.63) is 71.5 Å². The van der Waals surface area contributed by atoms with Gasteiger partial charge in [0.05, 0.1) is 0 Å². The van der Waals surface area contributed by atoms with E-state index in [4.69, 9.17) is 0 Å². The molecule has 0 spiro atoms. The Hall–Kier alpha value is -1.71. The minimum Gasteiger partial charge on any atom is -0.302 e. The summed E-state index contributed by atoms with van der Waals surface area (Å²) >= 11 is 0. The monoisotopic (exact) mass is 326 g/mol. The summed E-state index contributed by atoms with van der Waals surface area (Å²) in [5, 5.41) is 0. The maximum Gasteiger partial charge on any atom is 0.123 e. The van der Waals surface area contributed by atoms with Crippen LogP contribution in [-0.2, 0) is 13.0 Å². The van der Waals surface area contributed by atoms with Crippen LogP contribution in [0.1, 0.15) is 24.0 Å². The van der Waals surface area contributed by atoms with Gasteiger partial charge in [0.25, 0.3) is 0 Å². The lowest BCUT2D eigenvalue weighted by Gasteiger charge is -2.22. The standard InChI is InChI=1S/C21H27FN2/c22-21-11-9-20(10-12-21)18-24-15-5-14-23(16-17-24)13-4-8-19-6-2-1-3-7-19/h1-3,6-7,9-12H,4-5,8,13-18H2. The molecule has 1 fully saturated rings. The van der Waals surface area contributed by atoms with Gasteiger partial charge in [-0.2, -0.15) is 0 Å². The summed E-state index contributed by atoms with van der Waals surface area (Å²) in [5.74, 6) is -0.154. The van der Waals surface area contributed by atoms with Gasteiger partial charge in [0.15, 0.2) is 0 Å². The normalized spacial score (nSPS) is 16.9. The van der Waals surface area contributed by atoms with Crippen LogP contribution < -0.4 is 0 Å². The van der Waals surface area contributed by atoms with Crippen LogP contribution in [0.4, 0.5) is 4.39 Å². The topological polar surface area (TPSA) is 6.48 Å². The zero-order valence-electron chi connectivity index (χ0n) is 14.3. The van der Waals surface area contributed by atoms with E-state index in [1.54, 1.807) is 12.1 Å². The van der Waals surface area contributed by atoms with Crippen LogP contribution in [-0.4, -0.2) is 42.5 Å². The molecule has 0 N–H and O–H groups in total. The second-order valence-electron chi connectivity index (χ2n) is 6.69. The first kappa shape index (κ1) is 17.1. The van der Waals surface area contributed by atoms with E-state index >= 15 is 0 Å². The summed E-state index contributed by atoms with van der Waals surface area (Å²) < 4.78 is 13.0. The number of nitrogens with zero attached hydrogens (tertiary/aromatic N) is 2. The fourth-order valence-corrected chi connectivity index (χ4v) is 3.41. The third kappa shape index (κ3) is 5.43. The van der Waals surface area contributed by atoms with Crippen molar-refractivity contribution < 1.29 is 4.39 Å². The zero-order valence-corrected chi connectivity index (χ0v) is 14.3. The van der Waals surface area contributed by atoms with E-state index in [2.05, 4.69) is 40.1 Å². The first-order valence-electron chi connectivity index (χ1n) is 9.03. The summed E-state index contributed by atoms with van der Waals surface area (Å²) in [6.07, 6.45) is 3.60.